The minimum absolute atomic E-state index is 0.0569. The zero-order valence-electron chi connectivity index (χ0n) is 9.73. The Morgan fingerprint density at radius 1 is 1.38 bits per heavy atom. The fourth-order valence-electron chi connectivity index (χ4n) is 0.900. The maximum absolute atomic E-state index is 10.6. The highest BCUT2D eigenvalue weighted by Gasteiger charge is 2.13. The first-order valence-electron chi connectivity index (χ1n) is 4.80. The van der Waals surface area contributed by atoms with Gasteiger partial charge in [0, 0.05) is 11.0 Å². The number of halogens is 1. The van der Waals surface area contributed by atoms with Gasteiger partial charge in [0.1, 0.15) is 5.02 Å². The summed E-state index contributed by atoms with van der Waals surface area (Å²) in [7, 11) is 3.73. The summed E-state index contributed by atoms with van der Waals surface area (Å²) < 4.78 is 1.85. The van der Waals surface area contributed by atoms with Gasteiger partial charge >= 0.3 is 0 Å². The largest absolute Gasteiger partial charge is 0.289 e. The third-order valence-electron chi connectivity index (χ3n) is 1.40. The van der Waals surface area contributed by atoms with Gasteiger partial charge in [-0.1, -0.05) is 25.4 Å². The molecule has 0 amide bonds. The van der Waals surface area contributed by atoms with Crippen LogP contribution in [0, 0.1) is 10.1 Å². The molecule has 0 bridgehead atoms. The molecule has 0 aliphatic carbocycles. The third-order valence-corrected chi connectivity index (χ3v) is 2.55. The van der Waals surface area contributed by atoms with Crippen molar-refractivity contribution >= 4 is 29.2 Å². The van der Waals surface area contributed by atoms with Crippen LogP contribution in [0.3, 0.4) is 0 Å². The van der Waals surface area contributed by atoms with Crippen LogP contribution in [0.15, 0.2) is 23.1 Å². The summed E-state index contributed by atoms with van der Waals surface area (Å²) in [4.78, 5) is 10.9. The smallest absolute Gasteiger partial charge is 0.258 e. The van der Waals surface area contributed by atoms with Gasteiger partial charge in [0.15, 0.2) is 0 Å². The Morgan fingerprint density at radius 2 is 1.94 bits per heavy atom. The van der Waals surface area contributed by atoms with E-state index in [0.717, 1.165) is 4.90 Å². The van der Waals surface area contributed by atoms with Crippen LogP contribution in [0.5, 0.6) is 0 Å². The van der Waals surface area contributed by atoms with Gasteiger partial charge in [0.25, 0.3) is 5.69 Å². The molecule has 0 radical (unpaired) electrons. The first kappa shape index (κ1) is 15.2. The summed E-state index contributed by atoms with van der Waals surface area (Å²) in [6.45, 7) is 4.00. The Kier molecular flexibility index (Phi) is 7.12. The van der Waals surface area contributed by atoms with Crippen molar-refractivity contribution in [1.29, 1.82) is 0 Å². The maximum Gasteiger partial charge on any atom is 0.289 e. The summed E-state index contributed by atoms with van der Waals surface area (Å²) in [5.41, 5.74) is -0.0569. The van der Waals surface area contributed by atoms with Crippen molar-refractivity contribution in [3.05, 3.63) is 33.3 Å². The second kappa shape index (κ2) is 7.49. The topological polar surface area (TPSA) is 46.4 Å². The number of hydrogen-bond acceptors (Lipinski definition) is 4. The average molecular weight is 263 g/mol. The molecule has 0 N–H and O–H groups in total. The van der Waals surface area contributed by atoms with Gasteiger partial charge in [-0.2, -0.15) is 0 Å². The SMILES string of the molecule is CC.CN(C)Sc1ccc(Cl)c([N+](=O)[O-])c1. The highest BCUT2D eigenvalue weighted by atomic mass is 35.5. The molecule has 1 aromatic carbocycles. The van der Waals surface area contributed by atoms with Crippen LogP contribution in [-0.4, -0.2) is 23.3 Å². The molecule has 90 valence electrons. The Morgan fingerprint density at radius 3 is 2.38 bits per heavy atom. The van der Waals surface area contributed by atoms with E-state index < -0.39 is 4.92 Å². The van der Waals surface area contributed by atoms with Crippen molar-refractivity contribution in [3.8, 4) is 0 Å². The van der Waals surface area contributed by atoms with Crippen molar-refractivity contribution in [1.82, 2.24) is 4.31 Å². The molecule has 0 aromatic heterocycles. The second-order valence-corrected chi connectivity index (χ2v) is 4.57. The van der Waals surface area contributed by atoms with Crippen molar-refractivity contribution in [3.63, 3.8) is 0 Å². The zero-order valence-corrected chi connectivity index (χ0v) is 11.3. The monoisotopic (exact) mass is 262 g/mol. The van der Waals surface area contributed by atoms with E-state index in [0.29, 0.717) is 0 Å². The van der Waals surface area contributed by atoms with Crippen LogP contribution in [0.4, 0.5) is 5.69 Å². The van der Waals surface area contributed by atoms with Gasteiger partial charge in [-0.05, 0) is 38.2 Å². The number of nitro benzene ring substituents is 1. The molecule has 0 atom stereocenters. The fraction of sp³-hybridized carbons (Fsp3) is 0.400. The molecule has 4 nitrogen and oxygen atoms in total. The molecule has 16 heavy (non-hydrogen) atoms. The summed E-state index contributed by atoms with van der Waals surface area (Å²) in [5.74, 6) is 0. The Hall–Kier alpha value is -0.780. The molecular weight excluding hydrogens is 248 g/mol. The molecule has 0 heterocycles. The van der Waals surface area contributed by atoms with Crippen LogP contribution < -0.4 is 0 Å². The zero-order chi connectivity index (χ0) is 12.7. The number of rotatable bonds is 3. The van der Waals surface area contributed by atoms with E-state index in [1.807, 2.05) is 32.2 Å². The summed E-state index contributed by atoms with van der Waals surface area (Å²) in [6.07, 6.45) is 0. The van der Waals surface area contributed by atoms with Gasteiger partial charge in [0.2, 0.25) is 0 Å². The van der Waals surface area contributed by atoms with Gasteiger partial charge in [0.05, 0.1) is 4.92 Å². The minimum atomic E-state index is -0.484. The number of nitro groups is 1. The van der Waals surface area contributed by atoms with Crippen LogP contribution in [0.25, 0.3) is 0 Å². The van der Waals surface area contributed by atoms with E-state index in [9.17, 15) is 10.1 Å². The lowest BCUT2D eigenvalue weighted by molar-refractivity contribution is -0.384. The lowest BCUT2D eigenvalue weighted by Gasteiger charge is -2.07. The fourth-order valence-corrected chi connectivity index (χ4v) is 1.80. The van der Waals surface area contributed by atoms with Gasteiger partial charge in [-0.3, -0.25) is 14.4 Å². The van der Waals surface area contributed by atoms with E-state index >= 15 is 0 Å². The van der Waals surface area contributed by atoms with Crippen molar-refractivity contribution in [2.75, 3.05) is 14.1 Å². The number of nitrogens with zero attached hydrogens (tertiary/aromatic N) is 2. The molecule has 0 saturated carbocycles. The van der Waals surface area contributed by atoms with Gasteiger partial charge < -0.3 is 0 Å². The average Bonchev–Trinajstić information content (AvgIpc) is 2.23. The summed E-state index contributed by atoms with van der Waals surface area (Å²) in [6, 6.07) is 4.75. The molecular formula is C10H15ClN2O2S. The Labute approximate surface area is 105 Å². The second-order valence-electron chi connectivity index (χ2n) is 2.77. The highest BCUT2D eigenvalue weighted by Crippen LogP contribution is 2.30. The van der Waals surface area contributed by atoms with Crippen molar-refractivity contribution < 1.29 is 4.92 Å². The van der Waals surface area contributed by atoms with E-state index in [2.05, 4.69) is 0 Å². The van der Waals surface area contributed by atoms with E-state index in [1.165, 1.54) is 24.1 Å². The van der Waals surface area contributed by atoms with Crippen molar-refractivity contribution in [2.24, 2.45) is 0 Å². The molecule has 0 aliphatic rings. The summed E-state index contributed by atoms with van der Waals surface area (Å²) >= 11 is 7.07. The minimum Gasteiger partial charge on any atom is -0.258 e. The molecule has 0 fully saturated rings. The molecule has 0 aliphatic heterocycles. The molecule has 1 aromatic rings. The van der Waals surface area contributed by atoms with E-state index in [-0.39, 0.29) is 10.7 Å². The molecule has 6 heteroatoms. The quantitative estimate of drug-likeness (QED) is 0.472. The molecule has 0 unspecified atom stereocenters. The third kappa shape index (κ3) is 4.83. The van der Waals surface area contributed by atoms with E-state index in [1.54, 1.807) is 6.07 Å². The number of hydrogen-bond donors (Lipinski definition) is 0. The molecule has 0 saturated heterocycles. The lowest BCUT2D eigenvalue weighted by Crippen LogP contribution is -1.99. The highest BCUT2D eigenvalue weighted by molar-refractivity contribution is 7.97. The molecule has 1 rings (SSSR count). The van der Waals surface area contributed by atoms with Crippen molar-refractivity contribution in [2.45, 2.75) is 18.7 Å². The van der Waals surface area contributed by atoms with Gasteiger partial charge in [-0.15, -0.1) is 0 Å². The number of benzene rings is 1. The predicted molar refractivity (Wildman–Crippen MR) is 69.0 cm³/mol. The summed E-state index contributed by atoms with van der Waals surface area (Å²) in [5, 5.41) is 10.7. The maximum atomic E-state index is 10.6. The van der Waals surface area contributed by atoms with Crippen LogP contribution >= 0.6 is 23.5 Å². The Bertz CT molecular complexity index is 359. The standard InChI is InChI=1S/C8H9ClN2O2S.C2H6/c1-10(2)14-6-3-4-7(9)8(5-6)11(12)13;1-2/h3-5H,1-2H3;1-2H3. The van der Waals surface area contributed by atoms with Crippen LogP contribution in [0.1, 0.15) is 13.8 Å². The normalized spacial score (nSPS) is 9.62. The lowest BCUT2D eigenvalue weighted by atomic mass is 10.3. The van der Waals surface area contributed by atoms with Crippen LogP contribution in [-0.2, 0) is 0 Å². The first-order chi connectivity index (χ1) is 7.50. The Balaban J connectivity index is 0.00000106. The first-order valence-corrected chi connectivity index (χ1v) is 5.95. The van der Waals surface area contributed by atoms with Gasteiger partial charge in [-0.25, -0.2) is 0 Å². The molecule has 0 spiro atoms. The van der Waals surface area contributed by atoms with E-state index in [4.69, 9.17) is 11.6 Å². The van der Waals surface area contributed by atoms with Crippen LogP contribution in [0.2, 0.25) is 5.02 Å². The predicted octanol–water partition coefficient (Wildman–Crippen LogP) is 3.84.